The first-order valence-corrected chi connectivity index (χ1v) is 7.44. The molecule has 1 saturated heterocycles. The van der Waals surface area contributed by atoms with Gasteiger partial charge in [0.15, 0.2) is 0 Å². The van der Waals surface area contributed by atoms with Gasteiger partial charge in [-0.3, -0.25) is 0 Å². The summed E-state index contributed by atoms with van der Waals surface area (Å²) in [5.41, 5.74) is 2.47. The Labute approximate surface area is 122 Å². The molecule has 0 bridgehead atoms. The second kappa shape index (κ2) is 6.04. The monoisotopic (exact) mass is 277 g/mol. The van der Waals surface area contributed by atoms with E-state index in [-0.39, 0.29) is 5.41 Å². The average molecular weight is 277 g/mol. The van der Waals surface area contributed by atoms with Gasteiger partial charge in [-0.25, -0.2) is 0 Å². The van der Waals surface area contributed by atoms with E-state index in [0.717, 1.165) is 24.5 Å². The third-order valence-electron chi connectivity index (χ3n) is 4.04. The summed E-state index contributed by atoms with van der Waals surface area (Å²) >= 11 is 0. The molecule has 0 saturated carbocycles. The van der Waals surface area contributed by atoms with Crippen LogP contribution in [0.3, 0.4) is 0 Å². The van der Waals surface area contributed by atoms with Crippen molar-refractivity contribution in [2.75, 3.05) is 20.8 Å². The molecule has 0 amide bonds. The van der Waals surface area contributed by atoms with Gasteiger partial charge in [-0.1, -0.05) is 20.8 Å². The first-order chi connectivity index (χ1) is 9.45. The molecule has 0 radical (unpaired) electrons. The summed E-state index contributed by atoms with van der Waals surface area (Å²) in [5, 5.41) is 3.54. The lowest BCUT2D eigenvalue weighted by Gasteiger charge is -2.24. The van der Waals surface area contributed by atoms with Crippen LogP contribution < -0.4 is 14.8 Å². The molecular weight excluding hydrogens is 250 g/mol. The third kappa shape index (κ3) is 3.26. The molecule has 112 valence electrons. The molecule has 2 rings (SSSR count). The molecule has 1 aromatic rings. The van der Waals surface area contributed by atoms with Crippen molar-refractivity contribution in [3.63, 3.8) is 0 Å². The maximum atomic E-state index is 5.61. The van der Waals surface area contributed by atoms with Crippen molar-refractivity contribution < 1.29 is 9.47 Å². The van der Waals surface area contributed by atoms with Crippen LogP contribution >= 0.6 is 0 Å². The molecule has 3 heteroatoms. The predicted molar refractivity (Wildman–Crippen MR) is 83.0 cm³/mol. The van der Waals surface area contributed by atoms with E-state index >= 15 is 0 Å². The number of hydrogen-bond acceptors (Lipinski definition) is 3. The minimum Gasteiger partial charge on any atom is -0.496 e. The zero-order valence-corrected chi connectivity index (χ0v) is 13.4. The second-order valence-electron chi connectivity index (χ2n) is 6.61. The van der Waals surface area contributed by atoms with Gasteiger partial charge < -0.3 is 14.8 Å². The van der Waals surface area contributed by atoms with Gasteiger partial charge in [-0.2, -0.15) is 0 Å². The minimum atomic E-state index is 0.0444. The van der Waals surface area contributed by atoms with Crippen LogP contribution in [0.2, 0.25) is 0 Å². The van der Waals surface area contributed by atoms with Crippen LogP contribution in [0.15, 0.2) is 12.1 Å². The Morgan fingerprint density at radius 1 is 1.15 bits per heavy atom. The third-order valence-corrected chi connectivity index (χ3v) is 4.04. The molecule has 1 aromatic carbocycles. The van der Waals surface area contributed by atoms with E-state index in [0.29, 0.717) is 6.04 Å². The largest absolute Gasteiger partial charge is 0.496 e. The normalized spacial score (nSPS) is 19.1. The summed E-state index contributed by atoms with van der Waals surface area (Å²) in [4.78, 5) is 0. The van der Waals surface area contributed by atoms with Crippen LogP contribution in [0.5, 0.6) is 11.5 Å². The molecule has 1 heterocycles. The van der Waals surface area contributed by atoms with Crippen LogP contribution in [-0.2, 0) is 11.8 Å². The van der Waals surface area contributed by atoms with Gasteiger partial charge in [0.2, 0.25) is 0 Å². The molecule has 1 unspecified atom stereocenters. The fourth-order valence-corrected chi connectivity index (χ4v) is 2.90. The number of benzene rings is 1. The van der Waals surface area contributed by atoms with Gasteiger partial charge in [0.1, 0.15) is 11.5 Å². The zero-order valence-electron chi connectivity index (χ0n) is 13.4. The molecule has 1 N–H and O–H groups in total. The molecule has 1 aliphatic rings. The molecule has 1 atom stereocenters. The van der Waals surface area contributed by atoms with E-state index in [1.54, 1.807) is 14.2 Å². The lowest BCUT2D eigenvalue weighted by molar-refractivity contribution is 0.383. The fourth-order valence-electron chi connectivity index (χ4n) is 2.90. The van der Waals surface area contributed by atoms with E-state index in [4.69, 9.17) is 9.47 Å². The van der Waals surface area contributed by atoms with E-state index in [9.17, 15) is 0 Å². The Morgan fingerprint density at radius 2 is 1.85 bits per heavy atom. The highest BCUT2D eigenvalue weighted by Gasteiger charge is 2.23. The van der Waals surface area contributed by atoms with Crippen LogP contribution in [-0.4, -0.2) is 26.8 Å². The maximum Gasteiger partial charge on any atom is 0.123 e. The minimum absolute atomic E-state index is 0.0444. The molecule has 3 nitrogen and oxygen atoms in total. The lowest BCUT2D eigenvalue weighted by Crippen LogP contribution is -2.24. The summed E-state index contributed by atoms with van der Waals surface area (Å²) in [7, 11) is 3.49. The number of rotatable bonds is 4. The number of nitrogens with one attached hydrogen (secondary N) is 1. The maximum absolute atomic E-state index is 5.61. The Hall–Kier alpha value is -1.22. The Morgan fingerprint density at radius 3 is 2.35 bits per heavy atom. The fraction of sp³-hybridized carbons (Fsp3) is 0.647. The molecule has 0 spiro atoms. The smallest absolute Gasteiger partial charge is 0.123 e. The molecule has 1 fully saturated rings. The summed E-state index contributed by atoms with van der Waals surface area (Å²) in [6.07, 6.45) is 3.51. The van der Waals surface area contributed by atoms with Gasteiger partial charge in [0.25, 0.3) is 0 Å². The molecular formula is C17H27NO2. The van der Waals surface area contributed by atoms with Gasteiger partial charge in [-0.05, 0) is 48.9 Å². The topological polar surface area (TPSA) is 30.5 Å². The quantitative estimate of drug-likeness (QED) is 0.916. The average Bonchev–Trinajstić information content (AvgIpc) is 2.89. The summed E-state index contributed by atoms with van der Waals surface area (Å²) in [6.45, 7) is 7.72. The highest BCUT2D eigenvalue weighted by Crippen LogP contribution is 2.37. The molecule has 20 heavy (non-hydrogen) atoms. The molecule has 1 aliphatic heterocycles. The Bertz CT molecular complexity index is 457. The standard InChI is InChI=1S/C17H27NO2/c1-17(2,3)14-11-15(19-4)12(10-16(14)20-5)9-13-7-6-8-18-13/h10-11,13,18H,6-9H2,1-5H3. The SMILES string of the molecule is COc1cc(C(C)(C)C)c(OC)cc1CC1CCCN1. The first-order valence-electron chi connectivity index (χ1n) is 7.44. The van der Waals surface area contributed by atoms with Crippen molar-refractivity contribution >= 4 is 0 Å². The van der Waals surface area contributed by atoms with Crippen LogP contribution in [0, 0.1) is 0 Å². The number of methoxy groups -OCH3 is 2. The second-order valence-corrected chi connectivity index (χ2v) is 6.61. The van der Waals surface area contributed by atoms with E-state index in [1.165, 1.54) is 24.0 Å². The van der Waals surface area contributed by atoms with Crippen LogP contribution in [0.1, 0.15) is 44.7 Å². The Kier molecular flexibility index (Phi) is 4.59. The summed E-state index contributed by atoms with van der Waals surface area (Å²) in [6, 6.07) is 4.86. The van der Waals surface area contributed by atoms with Crippen molar-refractivity contribution in [3.05, 3.63) is 23.3 Å². The van der Waals surface area contributed by atoms with Gasteiger partial charge in [0, 0.05) is 11.6 Å². The molecule has 0 aromatic heterocycles. The van der Waals surface area contributed by atoms with Gasteiger partial charge >= 0.3 is 0 Å². The van der Waals surface area contributed by atoms with Gasteiger partial charge in [-0.15, -0.1) is 0 Å². The van der Waals surface area contributed by atoms with Crippen LogP contribution in [0.4, 0.5) is 0 Å². The van der Waals surface area contributed by atoms with E-state index in [2.05, 4.69) is 38.2 Å². The van der Waals surface area contributed by atoms with Crippen molar-refractivity contribution in [2.45, 2.75) is 51.5 Å². The predicted octanol–water partition coefficient (Wildman–Crippen LogP) is 3.30. The summed E-state index contributed by atoms with van der Waals surface area (Å²) < 4.78 is 11.2. The van der Waals surface area contributed by atoms with E-state index in [1.807, 2.05) is 0 Å². The first kappa shape index (κ1) is 15.2. The van der Waals surface area contributed by atoms with Crippen molar-refractivity contribution in [1.82, 2.24) is 5.32 Å². The van der Waals surface area contributed by atoms with Crippen LogP contribution in [0.25, 0.3) is 0 Å². The summed E-state index contributed by atoms with van der Waals surface area (Å²) in [5.74, 6) is 1.94. The number of ether oxygens (including phenoxy) is 2. The van der Waals surface area contributed by atoms with Crippen molar-refractivity contribution in [2.24, 2.45) is 0 Å². The highest BCUT2D eigenvalue weighted by atomic mass is 16.5. The van der Waals surface area contributed by atoms with E-state index < -0.39 is 0 Å². The lowest BCUT2D eigenvalue weighted by atomic mass is 9.85. The highest BCUT2D eigenvalue weighted by molar-refractivity contribution is 5.49. The van der Waals surface area contributed by atoms with Crippen molar-refractivity contribution in [1.29, 1.82) is 0 Å². The Balaban J connectivity index is 2.36. The number of hydrogen-bond donors (Lipinski definition) is 1. The van der Waals surface area contributed by atoms with Crippen molar-refractivity contribution in [3.8, 4) is 11.5 Å². The zero-order chi connectivity index (χ0) is 14.8. The molecule has 0 aliphatic carbocycles. The van der Waals surface area contributed by atoms with Gasteiger partial charge in [0.05, 0.1) is 14.2 Å².